The highest BCUT2D eigenvalue weighted by Crippen LogP contribution is 2.17. The maximum atomic E-state index is 12.2. The van der Waals surface area contributed by atoms with Crippen molar-refractivity contribution in [2.75, 3.05) is 0 Å². The lowest BCUT2D eigenvalue weighted by molar-refractivity contribution is 0.102. The van der Waals surface area contributed by atoms with Gasteiger partial charge >= 0.3 is 0 Å². The minimum absolute atomic E-state index is 0.0950. The maximum absolute atomic E-state index is 12.2. The number of hydrogen-bond acceptors (Lipinski definition) is 2. The second-order valence-corrected chi connectivity index (χ2v) is 4.32. The molecule has 3 nitrogen and oxygen atoms in total. The normalized spacial score (nSPS) is 10.5. The Morgan fingerprint density at radius 2 is 2.18 bits per heavy atom. The predicted octanol–water partition coefficient (Wildman–Crippen LogP) is 3.10. The number of halogens is 1. The Morgan fingerprint density at radius 3 is 2.82 bits per heavy atom. The van der Waals surface area contributed by atoms with Gasteiger partial charge < -0.3 is 4.57 Å². The number of nitrogens with zero attached hydrogens (tertiary/aromatic N) is 2. The summed E-state index contributed by atoms with van der Waals surface area (Å²) in [5.41, 5.74) is 1.55. The Kier molecular flexibility index (Phi) is 3.29. The van der Waals surface area contributed by atoms with Gasteiger partial charge in [-0.05, 0) is 37.6 Å². The molecule has 0 atom stereocenters. The molecule has 0 spiro atoms. The van der Waals surface area contributed by atoms with Crippen LogP contribution >= 0.6 is 11.6 Å². The average Bonchev–Trinajstić information content (AvgIpc) is 2.74. The van der Waals surface area contributed by atoms with Crippen LogP contribution in [0.1, 0.15) is 28.7 Å². The number of hydrogen-bond donors (Lipinski definition) is 0. The molecule has 2 rings (SSSR count). The van der Waals surface area contributed by atoms with Gasteiger partial charge in [0, 0.05) is 29.5 Å². The van der Waals surface area contributed by atoms with E-state index in [1.807, 2.05) is 30.5 Å². The van der Waals surface area contributed by atoms with Crippen LogP contribution in [0.15, 0.2) is 30.6 Å². The Morgan fingerprint density at radius 1 is 1.41 bits per heavy atom. The minimum atomic E-state index is -0.0950. The molecule has 0 saturated heterocycles. The van der Waals surface area contributed by atoms with Crippen molar-refractivity contribution in [1.29, 1.82) is 0 Å². The summed E-state index contributed by atoms with van der Waals surface area (Å²) in [6, 6.07) is 5.32. The van der Waals surface area contributed by atoms with Gasteiger partial charge in [0.25, 0.3) is 0 Å². The van der Waals surface area contributed by atoms with Crippen LogP contribution < -0.4 is 0 Å². The molecule has 0 aliphatic heterocycles. The molecular weight excluding hydrogens is 236 g/mol. The fourth-order valence-electron chi connectivity index (χ4n) is 1.77. The van der Waals surface area contributed by atoms with Crippen LogP contribution in [-0.4, -0.2) is 15.3 Å². The summed E-state index contributed by atoms with van der Waals surface area (Å²) >= 11 is 5.95. The zero-order chi connectivity index (χ0) is 12.4. The van der Waals surface area contributed by atoms with Crippen LogP contribution in [-0.2, 0) is 6.54 Å². The Balaban J connectivity index is 2.43. The van der Waals surface area contributed by atoms with Gasteiger partial charge in [0.05, 0.1) is 0 Å². The van der Waals surface area contributed by atoms with Crippen molar-refractivity contribution in [1.82, 2.24) is 9.55 Å². The Labute approximate surface area is 105 Å². The van der Waals surface area contributed by atoms with E-state index in [0.717, 1.165) is 12.1 Å². The van der Waals surface area contributed by atoms with Crippen LogP contribution in [0.2, 0.25) is 5.02 Å². The van der Waals surface area contributed by atoms with E-state index in [-0.39, 0.29) is 5.78 Å². The van der Waals surface area contributed by atoms with Crippen molar-refractivity contribution in [3.8, 4) is 0 Å². The lowest BCUT2D eigenvalue weighted by Gasteiger charge is -2.05. The zero-order valence-corrected chi connectivity index (χ0v) is 10.5. The lowest BCUT2D eigenvalue weighted by atomic mass is 10.1. The zero-order valence-electron chi connectivity index (χ0n) is 9.77. The molecule has 17 heavy (non-hydrogen) atoms. The largest absolute Gasteiger partial charge is 0.328 e. The standard InChI is InChI=1S/C13H13ClN2O/c1-3-16-5-4-15-13(16)12(17)10-6-9(2)7-11(14)8-10/h4-8H,3H2,1-2H3. The molecule has 0 aliphatic carbocycles. The van der Waals surface area contributed by atoms with Crippen molar-refractivity contribution in [2.45, 2.75) is 20.4 Å². The van der Waals surface area contributed by atoms with Crippen LogP contribution in [0.5, 0.6) is 0 Å². The minimum Gasteiger partial charge on any atom is -0.328 e. The molecule has 1 heterocycles. The number of carbonyl (C=O) groups excluding carboxylic acids is 1. The highest BCUT2D eigenvalue weighted by Gasteiger charge is 2.15. The smallest absolute Gasteiger partial charge is 0.228 e. The van der Waals surface area contributed by atoms with Crippen LogP contribution in [0, 0.1) is 6.92 Å². The summed E-state index contributed by atoms with van der Waals surface area (Å²) in [6.45, 7) is 4.61. The van der Waals surface area contributed by atoms with E-state index < -0.39 is 0 Å². The van der Waals surface area contributed by atoms with Crippen molar-refractivity contribution in [3.63, 3.8) is 0 Å². The van der Waals surface area contributed by atoms with Crippen LogP contribution in [0.25, 0.3) is 0 Å². The van der Waals surface area contributed by atoms with Gasteiger partial charge in [-0.2, -0.15) is 0 Å². The summed E-state index contributed by atoms with van der Waals surface area (Å²) in [6.07, 6.45) is 3.43. The van der Waals surface area contributed by atoms with Crippen molar-refractivity contribution >= 4 is 17.4 Å². The van der Waals surface area contributed by atoms with Crippen molar-refractivity contribution in [3.05, 3.63) is 52.6 Å². The van der Waals surface area contributed by atoms with E-state index >= 15 is 0 Å². The number of aryl methyl sites for hydroxylation is 2. The second-order valence-electron chi connectivity index (χ2n) is 3.88. The first-order valence-electron chi connectivity index (χ1n) is 5.45. The molecule has 0 amide bonds. The van der Waals surface area contributed by atoms with Gasteiger partial charge in [-0.1, -0.05) is 11.6 Å². The van der Waals surface area contributed by atoms with Gasteiger partial charge in [-0.3, -0.25) is 4.79 Å². The summed E-state index contributed by atoms with van der Waals surface area (Å²) in [7, 11) is 0. The number of ketones is 1. The van der Waals surface area contributed by atoms with Crippen LogP contribution in [0.3, 0.4) is 0 Å². The second kappa shape index (κ2) is 4.72. The summed E-state index contributed by atoms with van der Waals surface area (Å²) < 4.78 is 1.82. The first kappa shape index (κ1) is 11.9. The predicted molar refractivity (Wildman–Crippen MR) is 67.5 cm³/mol. The fourth-order valence-corrected chi connectivity index (χ4v) is 2.06. The molecule has 4 heteroatoms. The Hall–Kier alpha value is -1.61. The van der Waals surface area contributed by atoms with E-state index in [0.29, 0.717) is 16.4 Å². The average molecular weight is 249 g/mol. The third-order valence-corrected chi connectivity index (χ3v) is 2.78. The number of aromatic nitrogens is 2. The SMILES string of the molecule is CCn1ccnc1C(=O)c1cc(C)cc(Cl)c1. The summed E-state index contributed by atoms with van der Waals surface area (Å²) in [5.74, 6) is 0.358. The molecule has 88 valence electrons. The quantitative estimate of drug-likeness (QED) is 0.783. The molecule has 0 saturated carbocycles. The molecule has 2 aromatic rings. The van der Waals surface area contributed by atoms with E-state index in [2.05, 4.69) is 4.98 Å². The lowest BCUT2D eigenvalue weighted by Crippen LogP contribution is -2.10. The summed E-state index contributed by atoms with van der Waals surface area (Å²) in [5, 5.41) is 0.572. The Bertz CT molecular complexity index is 540. The van der Waals surface area contributed by atoms with Gasteiger partial charge in [-0.15, -0.1) is 0 Å². The molecule has 0 fully saturated rings. The fraction of sp³-hybridized carbons (Fsp3) is 0.231. The molecule has 0 bridgehead atoms. The van der Waals surface area contributed by atoms with E-state index in [9.17, 15) is 4.79 Å². The number of rotatable bonds is 3. The summed E-state index contributed by atoms with van der Waals surface area (Å²) in [4.78, 5) is 16.3. The van der Waals surface area contributed by atoms with Gasteiger partial charge in [0.2, 0.25) is 5.78 Å². The monoisotopic (exact) mass is 248 g/mol. The highest BCUT2D eigenvalue weighted by molar-refractivity contribution is 6.31. The van der Waals surface area contributed by atoms with E-state index in [1.165, 1.54) is 0 Å². The number of carbonyl (C=O) groups is 1. The first-order valence-corrected chi connectivity index (χ1v) is 5.82. The van der Waals surface area contributed by atoms with E-state index in [4.69, 9.17) is 11.6 Å². The van der Waals surface area contributed by atoms with Crippen molar-refractivity contribution < 1.29 is 4.79 Å². The molecule has 1 aromatic carbocycles. The van der Waals surface area contributed by atoms with Crippen LogP contribution in [0.4, 0.5) is 0 Å². The topological polar surface area (TPSA) is 34.9 Å². The van der Waals surface area contributed by atoms with Crippen molar-refractivity contribution in [2.24, 2.45) is 0 Å². The number of benzene rings is 1. The third-order valence-electron chi connectivity index (χ3n) is 2.56. The number of imidazole rings is 1. The molecule has 0 radical (unpaired) electrons. The van der Waals surface area contributed by atoms with Gasteiger partial charge in [0.1, 0.15) is 0 Å². The molecular formula is C13H13ClN2O. The van der Waals surface area contributed by atoms with E-state index in [1.54, 1.807) is 18.5 Å². The third kappa shape index (κ3) is 2.39. The first-order chi connectivity index (χ1) is 8.11. The van der Waals surface area contributed by atoms with Gasteiger partial charge in [0.15, 0.2) is 5.82 Å². The molecule has 0 aliphatic rings. The molecule has 0 N–H and O–H groups in total. The molecule has 1 aromatic heterocycles. The molecule has 0 unspecified atom stereocenters. The van der Waals surface area contributed by atoms with Gasteiger partial charge in [-0.25, -0.2) is 4.98 Å². The highest BCUT2D eigenvalue weighted by atomic mass is 35.5. The maximum Gasteiger partial charge on any atom is 0.228 e.